The number of para-hydroxylation sites is 1. The van der Waals surface area contributed by atoms with Crippen LogP contribution in [0, 0.1) is 0 Å². The molecule has 0 heterocycles. The average Bonchev–Trinajstić information content (AvgIpc) is 2.42. The van der Waals surface area contributed by atoms with Gasteiger partial charge in [0, 0.05) is 6.04 Å². The van der Waals surface area contributed by atoms with Gasteiger partial charge in [0.2, 0.25) is 0 Å². The molecule has 0 saturated carbocycles. The summed E-state index contributed by atoms with van der Waals surface area (Å²) < 4.78 is 5.67. The monoisotopic (exact) mass is 249 g/mol. The molecule has 1 N–H and O–H groups in total. The molecule has 2 heteroatoms. The van der Waals surface area contributed by atoms with Crippen LogP contribution in [0.4, 0.5) is 0 Å². The van der Waals surface area contributed by atoms with Crippen molar-refractivity contribution in [3.05, 3.63) is 30.3 Å². The highest BCUT2D eigenvalue weighted by Gasteiger charge is 2.03. The summed E-state index contributed by atoms with van der Waals surface area (Å²) in [5.74, 6) is 0.983. The van der Waals surface area contributed by atoms with Crippen LogP contribution in [0.1, 0.15) is 45.4 Å². The highest BCUT2D eigenvalue weighted by molar-refractivity contribution is 5.20. The fraction of sp³-hybridized carbons (Fsp3) is 0.625. The molecule has 0 fully saturated rings. The highest BCUT2D eigenvalue weighted by atomic mass is 16.5. The fourth-order valence-electron chi connectivity index (χ4n) is 2.16. The summed E-state index contributed by atoms with van der Waals surface area (Å²) >= 11 is 0. The van der Waals surface area contributed by atoms with E-state index in [4.69, 9.17) is 4.74 Å². The number of hydrogen-bond donors (Lipinski definition) is 1. The Morgan fingerprint density at radius 1 is 1.06 bits per heavy atom. The van der Waals surface area contributed by atoms with Crippen LogP contribution in [0.25, 0.3) is 0 Å². The first-order valence-corrected chi connectivity index (χ1v) is 7.22. The van der Waals surface area contributed by atoms with Crippen LogP contribution in [0.5, 0.6) is 5.75 Å². The summed E-state index contributed by atoms with van der Waals surface area (Å²) in [7, 11) is 2.07. The smallest absolute Gasteiger partial charge is 0.119 e. The van der Waals surface area contributed by atoms with Gasteiger partial charge in [-0.15, -0.1) is 0 Å². The Bertz CT molecular complexity index is 286. The van der Waals surface area contributed by atoms with E-state index in [9.17, 15) is 0 Å². The molecule has 1 atom stereocenters. The first-order chi connectivity index (χ1) is 8.86. The molecule has 0 amide bonds. The Hall–Kier alpha value is -1.02. The van der Waals surface area contributed by atoms with E-state index in [1.807, 2.05) is 30.3 Å². The third kappa shape index (κ3) is 6.65. The Labute approximate surface area is 112 Å². The van der Waals surface area contributed by atoms with Crippen LogP contribution in [0.2, 0.25) is 0 Å². The third-order valence-electron chi connectivity index (χ3n) is 3.25. The fourth-order valence-corrected chi connectivity index (χ4v) is 2.16. The normalized spacial score (nSPS) is 12.3. The minimum Gasteiger partial charge on any atom is -0.494 e. The SMILES string of the molecule is CCCC(CCCCCOc1ccccc1)NC. The van der Waals surface area contributed by atoms with E-state index in [2.05, 4.69) is 19.3 Å². The predicted molar refractivity (Wildman–Crippen MR) is 78.2 cm³/mol. The maximum atomic E-state index is 5.67. The predicted octanol–water partition coefficient (Wildman–Crippen LogP) is 4.01. The van der Waals surface area contributed by atoms with E-state index in [-0.39, 0.29) is 0 Å². The van der Waals surface area contributed by atoms with Gasteiger partial charge in [0.15, 0.2) is 0 Å². The van der Waals surface area contributed by atoms with Crippen LogP contribution in [-0.4, -0.2) is 19.7 Å². The third-order valence-corrected chi connectivity index (χ3v) is 3.25. The summed E-state index contributed by atoms with van der Waals surface area (Å²) in [6.07, 6.45) is 7.55. The van der Waals surface area contributed by atoms with Crippen molar-refractivity contribution in [2.24, 2.45) is 0 Å². The number of ether oxygens (including phenoxy) is 1. The second-order valence-corrected chi connectivity index (χ2v) is 4.79. The minimum absolute atomic E-state index is 0.699. The van der Waals surface area contributed by atoms with Crippen molar-refractivity contribution in [1.29, 1.82) is 0 Å². The first kappa shape index (κ1) is 15.0. The van der Waals surface area contributed by atoms with Gasteiger partial charge in [-0.3, -0.25) is 0 Å². The molecule has 1 aromatic carbocycles. The molecule has 1 rings (SSSR count). The molecule has 0 radical (unpaired) electrons. The zero-order chi connectivity index (χ0) is 13.1. The lowest BCUT2D eigenvalue weighted by molar-refractivity contribution is 0.302. The van der Waals surface area contributed by atoms with E-state index in [1.54, 1.807) is 0 Å². The lowest BCUT2D eigenvalue weighted by Gasteiger charge is -2.14. The van der Waals surface area contributed by atoms with Crippen molar-refractivity contribution in [3.63, 3.8) is 0 Å². The zero-order valence-corrected chi connectivity index (χ0v) is 11.8. The van der Waals surface area contributed by atoms with E-state index in [0.717, 1.165) is 18.8 Å². The van der Waals surface area contributed by atoms with Gasteiger partial charge in [0.05, 0.1) is 6.61 Å². The van der Waals surface area contributed by atoms with Crippen molar-refractivity contribution >= 4 is 0 Å². The lowest BCUT2D eigenvalue weighted by atomic mass is 10.0. The molecule has 1 aromatic rings. The van der Waals surface area contributed by atoms with Gasteiger partial charge >= 0.3 is 0 Å². The van der Waals surface area contributed by atoms with Gasteiger partial charge in [-0.2, -0.15) is 0 Å². The highest BCUT2D eigenvalue weighted by Crippen LogP contribution is 2.11. The van der Waals surface area contributed by atoms with Crippen LogP contribution >= 0.6 is 0 Å². The number of benzene rings is 1. The molecular weight excluding hydrogens is 222 g/mol. The molecule has 18 heavy (non-hydrogen) atoms. The quantitative estimate of drug-likeness (QED) is 0.632. The summed E-state index contributed by atoms with van der Waals surface area (Å²) in [5.41, 5.74) is 0. The Kier molecular flexibility index (Phi) is 8.32. The molecule has 0 aliphatic rings. The molecule has 0 aromatic heterocycles. The Morgan fingerprint density at radius 3 is 2.50 bits per heavy atom. The van der Waals surface area contributed by atoms with Crippen molar-refractivity contribution in [1.82, 2.24) is 5.32 Å². The average molecular weight is 249 g/mol. The molecular formula is C16H27NO. The van der Waals surface area contributed by atoms with Crippen LogP contribution in [-0.2, 0) is 0 Å². The lowest BCUT2D eigenvalue weighted by Crippen LogP contribution is -2.24. The molecule has 0 bridgehead atoms. The summed E-state index contributed by atoms with van der Waals surface area (Å²) in [5, 5.41) is 3.39. The van der Waals surface area contributed by atoms with E-state index >= 15 is 0 Å². The van der Waals surface area contributed by atoms with Gasteiger partial charge < -0.3 is 10.1 Å². The number of hydrogen-bond acceptors (Lipinski definition) is 2. The molecule has 1 unspecified atom stereocenters. The molecule has 0 spiro atoms. The number of rotatable bonds is 10. The molecule has 2 nitrogen and oxygen atoms in total. The van der Waals surface area contributed by atoms with Crippen molar-refractivity contribution < 1.29 is 4.74 Å². The summed E-state index contributed by atoms with van der Waals surface area (Å²) in [6, 6.07) is 10.8. The molecule has 0 aliphatic heterocycles. The van der Waals surface area contributed by atoms with E-state index in [0.29, 0.717) is 6.04 Å². The van der Waals surface area contributed by atoms with Crippen LogP contribution in [0.15, 0.2) is 30.3 Å². The number of nitrogens with one attached hydrogen (secondary N) is 1. The molecule has 102 valence electrons. The van der Waals surface area contributed by atoms with Gasteiger partial charge in [-0.25, -0.2) is 0 Å². The number of unbranched alkanes of at least 4 members (excludes halogenated alkanes) is 2. The Balaban J connectivity index is 1.98. The van der Waals surface area contributed by atoms with E-state index in [1.165, 1.54) is 32.1 Å². The van der Waals surface area contributed by atoms with Gasteiger partial charge in [-0.1, -0.05) is 44.4 Å². The van der Waals surface area contributed by atoms with Crippen molar-refractivity contribution in [2.75, 3.05) is 13.7 Å². The standard InChI is InChI=1S/C16H27NO/c1-3-10-15(17-2)11-6-5-9-14-18-16-12-7-4-8-13-16/h4,7-8,12-13,15,17H,3,5-6,9-11,14H2,1-2H3. The first-order valence-electron chi connectivity index (χ1n) is 7.22. The topological polar surface area (TPSA) is 21.3 Å². The van der Waals surface area contributed by atoms with Gasteiger partial charge in [0.1, 0.15) is 5.75 Å². The van der Waals surface area contributed by atoms with Gasteiger partial charge in [-0.05, 0) is 38.4 Å². The van der Waals surface area contributed by atoms with Crippen molar-refractivity contribution in [2.45, 2.75) is 51.5 Å². The van der Waals surface area contributed by atoms with Crippen LogP contribution < -0.4 is 10.1 Å². The summed E-state index contributed by atoms with van der Waals surface area (Å²) in [6.45, 7) is 3.08. The largest absolute Gasteiger partial charge is 0.494 e. The van der Waals surface area contributed by atoms with Crippen molar-refractivity contribution in [3.8, 4) is 5.75 Å². The molecule has 0 saturated heterocycles. The van der Waals surface area contributed by atoms with E-state index < -0.39 is 0 Å². The Morgan fingerprint density at radius 2 is 1.83 bits per heavy atom. The maximum absolute atomic E-state index is 5.67. The summed E-state index contributed by atoms with van der Waals surface area (Å²) in [4.78, 5) is 0. The maximum Gasteiger partial charge on any atom is 0.119 e. The molecule has 0 aliphatic carbocycles. The second kappa shape index (κ2) is 9.95. The van der Waals surface area contributed by atoms with Crippen LogP contribution in [0.3, 0.4) is 0 Å². The second-order valence-electron chi connectivity index (χ2n) is 4.79. The minimum atomic E-state index is 0.699. The van der Waals surface area contributed by atoms with Gasteiger partial charge in [0.25, 0.3) is 0 Å². The zero-order valence-electron chi connectivity index (χ0n) is 11.8.